The number of likely N-dealkylation sites (tertiary alicyclic amines) is 1. The Labute approximate surface area is 116 Å². The third kappa shape index (κ3) is 2.75. The second kappa shape index (κ2) is 5.02. The third-order valence-corrected chi connectivity index (χ3v) is 4.16. The molecule has 0 bridgehead atoms. The number of halogens is 1. The number of nitrogens with zero attached hydrogens (tertiary/aromatic N) is 1. The molecule has 1 atom stereocenters. The van der Waals surface area contributed by atoms with Crippen LogP contribution in [0.3, 0.4) is 0 Å². The lowest BCUT2D eigenvalue weighted by atomic mass is 9.79. The summed E-state index contributed by atoms with van der Waals surface area (Å²) in [5, 5.41) is 0. The monoisotopic (exact) mass is 310 g/mol. The predicted octanol–water partition coefficient (Wildman–Crippen LogP) is 2.65. The Morgan fingerprint density at radius 2 is 2.22 bits per heavy atom. The summed E-state index contributed by atoms with van der Waals surface area (Å²) in [6.07, 6.45) is 0.868. The van der Waals surface area contributed by atoms with Gasteiger partial charge in [0, 0.05) is 29.2 Å². The SMILES string of the molecule is CC1(C)CN(C(=O)c2cccc(Br)c2)CCC1N. The number of amides is 1. The van der Waals surface area contributed by atoms with Gasteiger partial charge in [-0.2, -0.15) is 0 Å². The minimum atomic E-state index is -0.0140. The number of hydrogen-bond acceptors (Lipinski definition) is 2. The molecule has 0 aliphatic carbocycles. The first-order valence-electron chi connectivity index (χ1n) is 6.20. The zero-order chi connectivity index (χ0) is 13.3. The summed E-state index contributed by atoms with van der Waals surface area (Å²) in [5.41, 5.74) is 6.81. The van der Waals surface area contributed by atoms with Crippen LogP contribution < -0.4 is 5.73 Å². The summed E-state index contributed by atoms with van der Waals surface area (Å²) in [5.74, 6) is 0.0938. The molecule has 0 spiro atoms. The van der Waals surface area contributed by atoms with Gasteiger partial charge in [0.15, 0.2) is 0 Å². The van der Waals surface area contributed by atoms with Gasteiger partial charge in [-0.25, -0.2) is 0 Å². The van der Waals surface area contributed by atoms with E-state index in [1.807, 2.05) is 29.2 Å². The van der Waals surface area contributed by atoms with E-state index in [0.29, 0.717) is 0 Å². The van der Waals surface area contributed by atoms with E-state index in [2.05, 4.69) is 29.8 Å². The third-order valence-electron chi connectivity index (χ3n) is 3.67. The summed E-state index contributed by atoms with van der Waals surface area (Å²) < 4.78 is 0.932. The van der Waals surface area contributed by atoms with Crippen LogP contribution in [0.2, 0.25) is 0 Å². The largest absolute Gasteiger partial charge is 0.338 e. The topological polar surface area (TPSA) is 46.3 Å². The fourth-order valence-corrected chi connectivity index (χ4v) is 2.75. The zero-order valence-electron chi connectivity index (χ0n) is 10.8. The van der Waals surface area contributed by atoms with Crippen molar-refractivity contribution in [2.24, 2.45) is 11.1 Å². The maximum atomic E-state index is 12.4. The highest BCUT2D eigenvalue weighted by Gasteiger charge is 2.35. The van der Waals surface area contributed by atoms with Crippen LogP contribution >= 0.6 is 15.9 Å². The number of rotatable bonds is 1. The fourth-order valence-electron chi connectivity index (χ4n) is 2.35. The molecule has 1 aliphatic heterocycles. The summed E-state index contributed by atoms with van der Waals surface area (Å²) in [7, 11) is 0. The summed E-state index contributed by atoms with van der Waals surface area (Å²) in [4.78, 5) is 14.3. The van der Waals surface area contributed by atoms with E-state index in [1.165, 1.54) is 0 Å². The fraction of sp³-hybridized carbons (Fsp3) is 0.500. The van der Waals surface area contributed by atoms with Gasteiger partial charge in [-0.05, 0) is 30.0 Å². The Morgan fingerprint density at radius 1 is 1.50 bits per heavy atom. The van der Waals surface area contributed by atoms with Gasteiger partial charge in [-0.1, -0.05) is 35.8 Å². The Kier molecular flexibility index (Phi) is 3.78. The van der Waals surface area contributed by atoms with Crippen LogP contribution in [0.1, 0.15) is 30.6 Å². The first-order valence-corrected chi connectivity index (χ1v) is 7.00. The van der Waals surface area contributed by atoms with Gasteiger partial charge >= 0.3 is 0 Å². The molecule has 1 aromatic carbocycles. The molecule has 1 aliphatic rings. The molecule has 2 N–H and O–H groups in total. The molecule has 18 heavy (non-hydrogen) atoms. The number of benzene rings is 1. The molecule has 3 nitrogen and oxygen atoms in total. The van der Waals surface area contributed by atoms with Gasteiger partial charge in [0.25, 0.3) is 5.91 Å². The predicted molar refractivity (Wildman–Crippen MR) is 76.4 cm³/mol. The second-order valence-electron chi connectivity index (χ2n) is 5.62. The van der Waals surface area contributed by atoms with E-state index in [1.54, 1.807) is 0 Å². The van der Waals surface area contributed by atoms with E-state index in [-0.39, 0.29) is 17.4 Å². The van der Waals surface area contributed by atoms with Crippen molar-refractivity contribution in [1.29, 1.82) is 0 Å². The van der Waals surface area contributed by atoms with Crippen molar-refractivity contribution in [3.8, 4) is 0 Å². The van der Waals surface area contributed by atoms with Gasteiger partial charge in [0.1, 0.15) is 0 Å². The molecule has 1 fully saturated rings. The second-order valence-corrected chi connectivity index (χ2v) is 6.54. The van der Waals surface area contributed by atoms with Crippen LogP contribution in [0, 0.1) is 5.41 Å². The Bertz CT molecular complexity index is 459. The number of piperidine rings is 1. The van der Waals surface area contributed by atoms with E-state index < -0.39 is 0 Å². The van der Waals surface area contributed by atoms with Crippen molar-refractivity contribution < 1.29 is 4.79 Å². The van der Waals surface area contributed by atoms with Crippen molar-refractivity contribution in [3.05, 3.63) is 34.3 Å². The number of nitrogens with two attached hydrogens (primary N) is 1. The molecule has 1 aromatic rings. The standard InChI is InChI=1S/C14H19BrN2O/c1-14(2)9-17(7-6-12(14)16)13(18)10-4-3-5-11(15)8-10/h3-5,8,12H,6-7,9,16H2,1-2H3. The van der Waals surface area contributed by atoms with Crippen molar-refractivity contribution in [2.75, 3.05) is 13.1 Å². The van der Waals surface area contributed by atoms with Gasteiger partial charge < -0.3 is 10.6 Å². The van der Waals surface area contributed by atoms with E-state index in [0.717, 1.165) is 29.5 Å². The first kappa shape index (κ1) is 13.6. The number of carbonyl (C=O) groups excluding carboxylic acids is 1. The lowest BCUT2D eigenvalue weighted by Crippen LogP contribution is -2.53. The Balaban J connectivity index is 2.15. The van der Waals surface area contributed by atoms with E-state index >= 15 is 0 Å². The van der Waals surface area contributed by atoms with Crippen LogP contribution in [-0.2, 0) is 0 Å². The van der Waals surface area contributed by atoms with Crippen molar-refractivity contribution >= 4 is 21.8 Å². The smallest absolute Gasteiger partial charge is 0.253 e. The molecule has 1 saturated heterocycles. The number of hydrogen-bond donors (Lipinski definition) is 1. The minimum absolute atomic E-state index is 0.0140. The maximum Gasteiger partial charge on any atom is 0.253 e. The molecule has 1 unspecified atom stereocenters. The van der Waals surface area contributed by atoms with Crippen molar-refractivity contribution in [3.63, 3.8) is 0 Å². The van der Waals surface area contributed by atoms with Crippen LogP contribution in [-0.4, -0.2) is 29.9 Å². The van der Waals surface area contributed by atoms with E-state index in [9.17, 15) is 4.79 Å². The Morgan fingerprint density at radius 3 is 2.83 bits per heavy atom. The normalized spacial score (nSPS) is 22.9. The molecule has 0 radical (unpaired) electrons. The molecule has 0 saturated carbocycles. The highest BCUT2D eigenvalue weighted by Crippen LogP contribution is 2.28. The molecule has 1 heterocycles. The van der Waals surface area contributed by atoms with Gasteiger partial charge in [-0.3, -0.25) is 4.79 Å². The summed E-state index contributed by atoms with van der Waals surface area (Å²) in [6, 6.07) is 7.70. The van der Waals surface area contributed by atoms with Crippen molar-refractivity contribution in [1.82, 2.24) is 4.90 Å². The van der Waals surface area contributed by atoms with Crippen LogP contribution in [0.5, 0.6) is 0 Å². The summed E-state index contributed by atoms with van der Waals surface area (Å²) in [6.45, 7) is 5.71. The van der Waals surface area contributed by atoms with Crippen LogP contribution in [0.4, 0.5) is 0 Å². The molecule has 98 valence electrons. The maximum absolute atomic E-state index is 12.4. The lowest BCUT2D eigenvalue weighted by molar-refractivity contribution is 0.0533. The lowest BCUT2D eigenvalue weighted by Gasteiger charge is -2.42. The van der Waals surface area contributed by atoms with Gasteiger partial charge in [-0.15, -0.1) is 0 Å². The molecular formula is C14H19BrN2O. The average Bonchev–Trinajstić information content (AvgIpc) is 2.31. The molecule has 4 heteroatoms. The van der Waals surface area contributed by atoms with Crippen molar-refractivity contribution in [2.45, 2.75) is 26.3 Å². The Hall–Kier alpha value is -0.870. The summed E-state index contributed by atoms with van der Waals surface area (Å²) >= 11 is 3.40. The quantitative estimate of drug-likeness (QED) is 0.867. The molecule has 2 rings (SSSR count). The van der Waals surface area contributed by atoms with Crippen LogP contribution in [0.15, 0.2) is 28.7 Å². The van der Waals surface area contributed by atoms with Gasteiger partial charge in [0.05, 0.1) is 0 Å². The molecule has 1 amide bonds. The van der Waals surface area contributed by atoms with Crippen LogP contribution in [0.25, 0.3) is 0 Å². The number of carbonyl (C=O) groups is 1. The highest BCUT2D eigenvalue weighted by molar-refractivity contribution is 9.10. The average molecular weight is 311 g/mol. The molecular weight excluding hydrogens is 292 g/mol. The minimum Gasteiger partial charge on any atom is -0.338 e. The van der Waals surface area contributed by atoms with E-state index in [4.69, 9.17) is 5.73 Å². The zero-order valence-corrected chi connectivity index (χ0v) is 12.4. The molecule has 0 aromatic heterocycles. The van der Waals surface area contributed by atoms with Gasteiger partial charge in [0.2, 0.25) is 0 Å². The first-order chi connectivity index (χ1) is 8.40. The highest BCUT2D eigenvalue weighted by atomic mass is 79.9.